The van der Waals surface area contributed by atoms with Crippen LogP contribution in [0.5, 0.6) is 0 Å². The highest BCUT2D eigenvalue weighted by Gasteiger charge is 2.32. The first-order valence-electron chi connectivity index (χ1n) is 7.47. The van der Waals surface area contributed by atoms with Crippen LogP contribution in [0.1, 0.15) is 31.2 Å². The molecule has 0 radical (unpaired) electrons. The SMILES string of the molecule is CSc1ccc(CN2CCCC2C2CCCN2)cc1. The van der Waals surface area contributed by atoms with E-state index in [1.807, 2.05) is 11.8 Å². The second-order valence-corrected chi connectivity index (χ2v) is 6.61. The number of hydrogen-bond donors (Lipinski definition) is 1. The molecule has 0 saturated carbocycles. The molecule has 2 saturated heterocycles. The summed E-state index contributed by atoms with van der Waals surface area (Å²) < 4.78 is 0. The lowest BCUT2D eigenvalue weighted by Crippen LogP contribution is -2.43. The van der Waals surface area contributed by atoms with Crippen LogP contribution in [-0.4, -0.2) is 36.3 Å². The van der Waals surface area contributed by atoms with E-state index in [4.69, 9.17) is 0 Å². The van der Waals surface area contributed by atoms with E-state index in [9.17, 15) is 0 Å². The minimum Gasteiger partial charge on any atom is -0.312 e. The summed E-state index contributed by atoms with van der Waals surface area (Å²) in [4.78, 5) is 4.05. The van der Waals surface area contributed by atoms with Gasteiger partial charge in [-0.1, -0.05) is 12.1 Å². The van der Waals surface area contributed by atoms with Crippen molar-refractivity contribution in [3.05, 3.63) is 29.8 Å². The molecule has 3 rings (SSSR count). The number of benzene rings is 1. The highest BCUT2D eigenvalue weighted by molar-refractivity contribution is 7.98. The molecule has 0 aliphatic carbocycles. The van der Waals surface area contributed by atoms with Crippen molar-refractivity contribution in [2.45, 2.75) is 49.2 Å². The highest BCUT2D eigenvalue weighted by atomic mass is 32.2. The lowest BCUT2D eigenvalue weighted by Gasteiger charge is -2.29. The van der Waals surface area contributed by atoms with Crippen molar-refractivity contribution >= 4 is 11.8 Å². The molecule has 2 aliphatic rings. The maximum Gasteiger partial charge on any atom is 0.0253 e. The quantitative estimate of drug-likeness (QED) is 0.851. The molecule has 2 atom stereocenters. The van der Waals surface area contributed by atoms with E-state index >= 15 is 0 Å². The maximum absolute atomic E-state index is 3.69. The first-order chi connectivity index (χ1) is 9.36. The minimum absolute atomic E-state index is 0.743. The zero-order valence-electron chi connectivity index (χ0n) is 11.8. The van der Waals surface area contributed by atoms with Gasteiger partial charge in [0.1, 0.15) is 0 Å². The van der Waals surface area contributed by atoms with Crippen LogP contribution in [0, 0.1) is 0 Å². The Morgan fingerprint density at radius 2 is 2.05 bits per heavy atom. The smallest absolute Gasteiger partial charge is 0.0253 e. The third-order valence-corrected chi connectivity index (χ3v) is 5.27. The number of hydrogen-bond acceptors (Lipinski definition) is 3. The fraction of sp³-hybridized carbons (Fsp3) is 0.625. The summed E-state index contributed by atoms with van der Waals surface area (Å²) in [6.45, 7) is 3.61. The van der Waals surface area contributed by atoms with Gasteiger partial charge in [0.25, 0.3) is 0 Å². The van der Waals surface area contributed by atoms with Gasteiger partial charge in [0.2, 0.25) is 0 Å². The molecule has 0 aromatic heterocycles. The van der Waals surface area contributed by atoms with Gasteiger partial charge in [-0.2, -0.15) is 0 Å². The summed E-state index contributed by atoms with van der Waals surface area (Å²) in [5.41, 5.74) is 1.46. The predicted octanol–water partition coefficient (Wildman–Crippen LogP) is 3.12. The molecule has 3 heteroatoms. The van der Waals surface area contributed by atoms with Gasteiger partial charge in [0.05, 0.1) is 0 Å². The first-order valence-corrected chi connectivity index (χ1v) is 8.69. The average Bonchev–Trinajstić information content (AvgIpc) is 3.10. The van der Waals surface area contributed by atoms with Crippen molar-refractivity contribution in [3.63, 3.8) is 0 Å². The molecule has 1 aromatic rings. The van der Waals surface area contributed by atoms with Crippen molar-refractivity contribution in [1.82, 2.24) is 10.2 Å². The Labute approximate surface area is 121 Å². The highest BCUT2D eigenvalue weighted by Crippen LogP contribution is 2.26. The second-order valence-electron chi connectivity index (χ2n) is 5.73. The Balaban J connectivity index is 1.63. The van der Waals surface area contributed by atoms with Crippen molar-refractivity contribution in [2.75, 3.05) is 19.3 Å². The fourth-order valence-corrected chi connectivity index (χ4v) is 3.92. The van der Waals surface area contributed by atoms with Gasteiger partial charge < -0.3 is 5.32 Å². The fourth-order valence-electron chi connectivity index (χ4n) is 3.51. The van der Waals surface area contributed by atoms with Gasteiger partial charge in [-0.25, -0.2) is 0 Å². The van der Waals surface area contributed by atoms with Crippen LogP contribution in [0.4, 0.5) is 0 Å². The first kappa shape index (κ1) is 13.5. The summed E-state index contributed by atoms with van der Waals surface area (Å²) in [5, 5.41) is 3.69. The topological polar surface area (TPSA) is 15.3 Å². The molecule has 2 heterocycles. The van der Waals surface area contributed by atoms with Crippen molar-refractivity contribution < 1.29 is 0 Å². The summed E-state index contributed by atoms with van der Waals surface area (Å²) in [5.74, 6) is 0. The van der Waals surface area contributed by atoms with E-state index in [1.165, 1.54) is 49.2 Å². The summed E-state index contributed by atoms with van der Waals surface area (Å²) >= 11 is 1.82. The third kappa shape index (κ3) is 3.15. The van der Waals surface area contributed by atoms with Crippen LogP contribution >= 0.6 is 11.8 Å². The van der Waals surface area contributed by atoms with Crippen LogP contribution in [0.15, 0.2) is 29.2 Å². The average molecular weight is 276 g/mol. The van der Waals surface area contributed by atoms with Gasteiger partial charge in [-0.05, 0) is 62.7 Å². The van der Waals surface area contributed by atoms with Gasteiger partial charge in [0, 0.05) is 23.5 Å². The Morgan fingerprint density at radius 3 is 2.74 bits per heavy atom. The number of thioether (sulfide) groups is 1. The molecule has 19 heavy (non-hydrogen) atoms. The monoisotopic (exact) mass is 276 g/mol. The van der Waals surface area contributed by atoms with E-state index in [1.54, 1.807) is 0 Å². The van der Waals surface area contributed by atoms with Crippen LogP contribution in [0.25, 0.3) is 0 Å². The van der Waals surface area contributed by atoms with E-state index in [0.29, 0.717) is 0 Å². The van der Waals surface area contributed by atoms with Gasteiger partial charge >= 0.3 is 0 Å². The summed E-state index contributed by atoms with van der Waals surface area (Å²) in [7, 11) is 0. The molecule has 2 fully saturated rings. The van der Waals surface area contributed by atoms with Crippen molar-refractivity contribution in [3.8, 4) is 0 Å². The molecule has 0 bridgehead atoms. The zero-order valence-corrected chi connectivity index (χ0v) is 12.6. The van der Waals surface area contributed by atoms with Crippen LogP contribution in [0.2, 0.25) is 0 Å². The van der Waals surface area contributed by atoms with E-state index < -0.39 is 0 Å². The Kier molecular flexibility index (Phi) is 4.46. The van der Waals surface area contributed by atoms with Gasteiger partial charge in [0.15, 0.2) is 0 Å². The van der Waals surface area contributed by atoms with E-state index in [-0.39, 0.29) is 0 Å². The van der Waals surface area contributed by atoms with Crippen LogP contribution in [-0.2, 0) is 6.54 Å². The summed E-state index contributed by atoms with van der Waals surface area (Å²) in [6, 6.07) is 10.6. The Bertz CT molecular complexity index is 398. The Morgan fingerprint density at radius 1 is 1.21 bits per heavy atom. The molecule has 2 nitrogen and oxygen atoms in total. The molecule has 2 aliphatic heterocycles. The molecule has 2 unspecified atom stereocenters. The Hall–Kier alpha value is -0.510. The predicted molar refractivity (Wildman–Crippen MR) is 82.7 cm³/mol. The molecule has 1 N–H and O–H groups in total. The summed E-state index contributed by atoms with van der Waals surface area (Å²) in [6.07, 6.45) is 7.60. The lowest BCUT2D eigenvalue weighted by atomic mass is 10.0. The lowest BCUT2D eigenvalue weighted by molar-refractivity contribution is 0.206. The molecular weight excluding hydrogens is 252 g/mol. The molecule has 0 amide bonds. The number of nitrogens with one attached hydrogen (secondary N) is 1. The second kappa shape index (κ2) is 6.29. The van der Waals surface area contributed by atoms with E-state index in [2.05, 4.69) is 40.7 Å². The standard InChI is InChI=1S/C16H24N2S/c1-19-14-8-6-13(7-9-14)12-18-11-3-5-16(18)15-4-2-10-17-15/h6-9,15-17H,2-5,10-12H2,1H3. The molecule has 1 aromatic carbocycles. The van der Waals surface area contributed by atoms with Crippen molar-refractivity contribution in [1.29, 1.82) is 0 Å². The molecular formula is C16H24N2S. The number of likely N-dealkylation sites (tertiary alicyclic amines) is 1. The van der Waals surface area contributed by atoms with Crippen LogP contribution < -0.4 is 5.32 Å². The third-order valence-electron chi connectivity index (χ3n) is 4.52. The largest absolute Gasteiger partial charge is 0.312 e. The number of rotatable bonds is 4. The van der Waals surface area contributed by atoms with Crippen LogP contribution in [0.3, 0.4) is 0 Å². The van der Waals surface area contributed by atoms with Crippen molar-refractivity contribution in [2.24, 2.45) is 0 Å². The van der Waals surface area contributed by atoms with Gasteiger partial charge in [-0.3, -0.25) is 4.90 Å². The maximum atomic E-state index is 3.69. The molecule has 0 spiro atoms. The minimum atomic E-state index is 0.743. The normalized spacial score (nSPS) is 28.1. The number of nitrogens with zero attached hydrogens (tertiary/aromatic N) is 1. The molecule has 104 valence electrons. The van der Waals surface area contributed by atoms with Gasteiger partial charge in [-0.15, -0.1) is 11.8 Å². The zero-order chi connectivity index (χ0) is 13.1. The van der Waals surface area contributed by atoms with E-state index in [0.717, 1.165) is 18.6 Å².